The number of halogens is 1. The summed E-state index contributed by atoms with van der Waals surface area (Å²) in [5.41, 5.74) is 4.93. The Labute approximate surface area is 153 Å². The number of hydrogen-bond donors (Lipinski definition) is 2. The average molecular weight is 359 g/mol. The van der Waals surface area contributed by atoms with Crippen molar-refractivity contribution in [3.05, 3.63) is 63.7 Å². The Morgan fingerprint density at radius 1 is 1.00 bits per heavy atom. The molecule has 5 heteroatoms. The molecule has 2 amide bonds. The molecular formula is C20H23ClN2O2. The van der Waals surface area contributed by atoms with Gasteiger partial charge in [-0.15, -0.1) is 0 Å². The summed E-state index contributed by atoms with van der Waals surface area (Å²) in [4.78, 5) is 23.9. The zero-order valence-corrected chi connectivity index (χ0v) is 15.5. The summed E-state index contributed by atoms with van der Waals surface area (Å²) in [6.45, 7) is 5.84. The third-order valence-electron chi connectivity index (χ3n) is 4.20. The fraction of sp³-hybridized carbons (Fsp3) is 0.300. The molecule has 2 aromatic carbocycles. The van der Waals surface area contributed by atoms with Crippen molar-refractivity contribution in [1.29, 1.82) is 0 Å². The summed E-state index contributed by atoms with van der Waals surface area (Å²) < 4.78 is 0. The molecule has 2 aromatic rings. The van der Waals surface area contributed by atoms with Crippen LogP contribution >= 0.6 is 11.6 Å². The number of carbonyl (C=O) groups excluding carboxylic acids is 2. The summed E-state index contributed by atoms with van der Waals surface area (Å²) in [6.07, 6.45) is 0.903. The minimum Gasteiger partial charge on any atom is -0.347 e. The molecule has 0 saturated heterocycles. The molecule has 0 aliphatic carbocycles. The van der Waals surface area contributed by atoms with Crippen molar-refractivity contribution in [3.63, 3.8) is 0 Å². The minimum atomic E-state index is -0.236. The van der Waals surface area contributed by atoms with E-state index >= 15 is 0 Å². The highest BCUT2D eigenvalue weighted by atomic mass is 35.5. The first-order valence-corrected chi connectivity index (χ1v) is 8.62. The Morgan fingerprint density at radius 3 is 2.48 bits per heavy atom. The minimum absolute atomic E-state index is 0.0408. The molecule has 0 saturated carbocycles. The van der Waals surface area contributed by atoms with Gasteiger partial charge in [0, 0.05) is 17.1 Å². The van der Waals surface area contributed by atoms with Gasteiger partial charge in [0.05, 0.1) is 6.54 Å². The van der Waals surface area contributed by atoms with Crippen molar-refractivity contribution in [2.75, 3.05) is 11.9 Å². The smallest absolute Gasteiger partial charge is 0.243 e. The van der Waals surface area contributed by atoms with E-state index in [9.17, 15) is 9.59 Å². The molecule has 0 fully saturated rings. The largest absolute Gasteiger partial charge is 0.347 e. The first-order chi connectivity index (χ1) is 11.9. The van der Waals surface area contributed by atoms with E-state index in [0.717, 1.165) is 27.9 Å². The first kappa shape index (κ1) is 19.0. The number of nitrogens with one attached hydrogen (secondary N) is 2. The number of carbonyl (C=O) groups is 2. The lowest BCUT2D eigenvalue weighted by Crippen LogP contribution is -2.33. The maximum absolute atomic E-state index is 12.0. The number of rotatable bonds is 6. The summed E-state index contributed by atoms with van der Waals surface area (Å²) in [5.74, 6) is -0.395. The van der Waals surface area contributed by atoms with E-state index in [1.54, 1.807) is 0 Å². The Morgan fingerprint density at radius 2 is 1.76 bits per heavy atom. The molecular weight excluding hydrogens is 336 g/mol. The van der Waals surface area contributed by atoms with Crippen molar-refractivity contribution in [1.82, 2.24) is 5.32 Å². The van der Waals surface area contributed by atoms with Crippen molar-refractivity contribution < 1.29 is 9.59 Å². The monoisotopic (exact) mass is 358 g/mol. The van der Waals surface area contributed by atoms with Gasteiger partial charge < -0.3 is 10.6 Å². The van der Waals surface area contributed by atoms with Crippen LogP contribution < -0.4 is 10.6 Å². The lowest BCUT2D eigenvalue weighted by atomic mass is 10.1. The summed E-state index contributed by atoms with van der Waals surface area (Å²) >= 11 is 6.08. The summed E-state index contributed by atoms with van der Waals surface area (Å²) in [5, 5.41) is 6.17. The van der Waals surface area contributed by atoms with E-state index < -0.39 is 0 Å². The second-order valence-corrected chi connectivity index (χ2v) is 6.56. The standard InChI is InChI=1S/C20H23ClN2O2/c1-13-5-4-6-18(15(13)3)23-20(25)12-22-19(24)10-9-16-8-7-14(2)17(21)11-16/h4-8,11H,9-10,12H2,1-3H3,(H,22,24)(H,23,25). The molecule has 0 unspecified atom stereocenters. The highest BCUT2D eigenvalue weighted by Crippen LogP contribution is 2.18. The Kier molecular flexibility index (Phi) is 6.59. The Hall–Kier alpha value is -2.33. The predicted octanol–water partition coefficient (Wildman–Crippen LogP) is 3.95. The van der Waals surface area contributed by atoms with Crippen molar-refractivity contribution >= 4 is 29.1 Å². The van der Waals surface area contributed by atoms with Crippen molar-refractivity contribution in [3.8, 4) is 0 Å². The quantitative estimate of drug-likeness (QED) is 0.821. The zero-order valence-electron chi connectivity index (χ0n) is 14.8. The maximum Gasteiger partial charge on any atom is 0.243 e. The molecule has 2 N–H and O–H groups in total. The van der Waals surface area contributed by atoms with Crippen LogP contribution in [0.4, 0.5) is 5.69 Å². The van der Waals surface area contributed by atoms with Gasteiger partial charge >= 0.3 is 0 Å². The molecule has 0 radical (unpaired) electrons. The van der Waals surface area contributed by atoms with Crippen molar-refractivity contribution in [2.24, 2.45) is 0 Å². The molecule has 25 heavy (non-hydrogen) atoms. The van der Waals surface area contributed by atoms with Crippen LogP contribution in [0.1, 0.15) is 28.7 Å². The van der Waals surface area contributed by atoms with Gasteiger partial charge in [-0.25, -0.2) is 0 Å². The number of anilines is 1. The average Bonchev–Trinajstić information content (AvgIpc) is 2.58. The van der Waals surface area contributed by atoms with Gasteiger partial charge in [-0.3, -0.25) is 9.59 Å². The third kappa shape index (κ3) is 5.61. The van der Waals surface area contributed by atoms with E-state index in [0.29, 0.717) is 17.9 Å². The topological polar surface area (TPSA) is 58.2 Å². The van der Waals surface area contributed by atoms with Crippen LogP contribution in [0.2, 0.25) is 5.02 Å². The van der Waals surface area contributed by atoms with E-state index in [1.165, 1.54) is 0 Å². The summed E-state index contributed by atoms with van der Waals surface area (Å²) in [6, 6.07) is 11.5. The SMILES string of the molecule is Cc1ccc(CCC(=O)NCC(=O)Nc2cccc(C)c2C)cc1Cl. The molecule has 0 aromatic heterocycles. The fourth-order valence-electron chi connectivity index (χ4n) is 2.40. The van der Waals surface area contributed by atoms with E-state index in [-0.39, 0.29) is 18.4 Å². The maximum atomic E-state index is 12.0. The molecule has 0 aliphatic heterocycles. The van der Waals surface area contributed by atoms with Gasteiger partial charge in [0.2, 0.25) is 11.8 Å². The highest BCUT2D eigenvalue weighted by molar-refractivity contribution is 6.31. The lowest BCUT2D eigenvalue weighted by molar-refractivity contribution is -0.124. The second-order valence-electron chi connectivity index (χ2n) is 6.16. The molecule has 132 valence electrons. The lowest BCUT2D eigenvalue weighted by Gasteiger charge is -2.11. The number of aryl methyl sites for hydroxylation is 3. The number of hydrogen-bond acceptors (Lipinski definition) is 2. The molecule has 0 spiro atoms. The van der Waals surface area contributed by atoms with Gasteiger partial charge in [0.1, 0.15) is 0 Å². The number of amides is 2. The van der Waals surface area contributed by atoms with Gasteiger partial charge in [-0.1, -0.05) is 35.9 Å². The van der Waals surface area contributed by atoms with Gasteiger partial charge in [0.25, 0.3) is 0 Å². The van der Waals surface area contributed by atoms with Gasteiger partial charge in [0.15, 0.2) is 0 Å². The zero-order chi connectivity index (χ0) is 18.4. The van der Waals surface area contributed by atoms with E-state index in [4.69, 9.17) is 11.6 Å². The van der Waals surface area contributed by atoms with Gasteiger partial charge in [-0.05, 0) is 61.6 Å². The third-order valence-corrected chi connectivity index (χ3v) is 4.61. The normalized spacial score (nSPS) is 10.4. The molecule has 0 aliphatic rings. The van der Waals surface area contributed by atoms with Gasteiger partial charge in [-0.2, -0.15) is 0 Å². The Balaban J connectivity index is 1.78. The van der Waals surface area contributed by atoms with Crippen LogP contribution in [0.15, 0.2) is 36.4 Å². The Bertz CT molecular complexity index is 787. The first-order valence-electron chi connectivity index (χ1n) is 8.24. The van der Waals surface area contributed by atoms with Crippen LogP contribution in [0.25, 0.3) is 0 Å². The molecule has 2 rings (SSSR count). The number of benzene rings is 2. The van der Waals surface area contributed by atoms with Crippen molar-refractivity contribution in [2.45, 2.75) is 33.6 Å². The summed E-state index contributed by atoms with van der Waals surface area (Å²) in [7, 11) is 0. The molecule has 4 nitrogen and oxygen atoms in total. The fourth-order valence-corrected chi connectivity index (χ4v) is 2.60. The van der Waals surface area contributed by atoms with Crippen LogP contribution in [0, 0.1) is 20.8 Å². The predicted molar refractivity (Wildman–Crippen MR) is 102 cm³/mol. The van der Waals surface area contributed by atoms with E-state index in [2.05, 4.69) is 10.6 Å². The van der Waals surface area contributed by atoms with E-state index in [1.807, 2.05) is 57.2 Å². The van der Waals surface area contributed by atoms with Crippen LogP contribution in [0.5, 0.6) is 0 Å². The second kappa shape index (κ2) is 8.67. The molecule has 0 atom stereocenters. The van der Waals surface area contributed by atoms with Crippen LogP contribution in [-0.2, 0) is 16.0 Å². The molecule has 0 heterocycles. The van der Waals surface area contributed by atoms with Crippen LogP contribution in [-0.4, -0.2) is 18.4 Å². The molecule has 0 bridgehead atoms. The van der Waals surface area contributed by atoms with Crippen LogP contribution in [0.3, 0.4) is 0 Å². The highest BCUT2D eigenvalue weighted by Gasteiger charge is 2.09.